The molecule has 0 bridgehead atoms. The predicted octanol–water partition coefficient (Wildman–Crippen LogP) is 3.01. The van der Waals surface area contributed by atoms with Crippen LogP contribution in [0.5, 0.6) is 0 Å². The first-order valence-corrected chi connectivity index (χ1v) is 8.81. The molecule has 2 rings (SSSR count). The van der Waals surface area contributed by atoms with Gasteiger partial charge in [-0.1, -0.05) is 6.07 Å². The summed E-state index contributed by atoms with van der Waals surface area (Å²) >= 11 is 7.20. The number of hydrogen-bond donors (Lipinski definition) is 0. The minimum atomic E-state index is -3.55. The summed E-state index contributed by atoms with van der Waals surface area (Å²) in [6.45, 7) is 2.02. The number of alkyl halides is 1. The van der Waals surface area contributed by atoms with Crippen LogP contribution in [0, 0.1) is 6.92 Å². The van der Waals surface area contributed by atoms with Crippen LogP contribution in [0.2, 0.25) is 0 Å². The highest BCUT2D eigenvalue weighted by atomic mass is 35.5. The van der Waals surface area contributed by atoms with Crippen molar-refractivity contribution in [3.05, 3.63) is 45.9 Å². The summed E-state index contributed by atoms with van der Waals surface area (Å²) in [6.07, 6.45) is 1.65. The lowest BCUT2D eigenvalue weighted by Gasteiger charge is -2.17. The molecule has 7 heteroatoms. The summed E-state index contributed by atoms with van der Waals surface area (Å²) in [4.78, 5) is 5.16. The first kappa shape index (κ1) is 15.4. The smallest absolute Gasteiger partial charge is 0.244 e. The molecule has 0 N–H and O–H groups in total. The third-order valence-corrected chi connectivity index (χ3v) is 6.58. The van der Waals surface area contributed by atoms with Gasteiger partial charge in [0.2, 0.25) is 10.0 Å². The Morgan fingerprint density at radius 2 is 2.15 bits per heavy atom. The van der Waals surface area contributed by atoms with Crippen molar-refractivity contribution in [2.45, 2.75) is 24.2 Å². The van der Waals surface area contributed by atoms with Gasteiger partial charge in [0.15, 0.2) is 0 Å². The van der Waals surface area contributed by atoms with Crippen LogP contribution in [-0.4, -0.2) is 24.8 Å². The monoisotopic (exact) mass is 330 g/mol. The molecule has 0 saturated heterocycles. The topological polar surface area (TPSA) is 50.3 Å². The largest absolute Gasteiger partial charge is 0.260 e. The van der Waals surface area contributed by atoms with Crippen molar-refractivity contribution in [3.63, 3.8) is 0 Å². The first-order valence-electron chi connectivity index (χ1n) is 5.96. The van der Waals surface area contributed by atoms with Gasteiger partial charge in [-0.2, -0.15) is 4.31 Å². The molecule has 0 atom stereocenters. The molecular weight excluding hydrogens is 316 g/mol. The SMILES string of the molecule is Cc1csc(CCl)c1S(=O)(=O)N(C)Cc1ccccn1. The lowest BCUT2D eigenvalue weighted by Crippen LogP contribution is -2.27. The number of sulfonamides is 1. The minimum absolute atomic E-state index is 0.199. The molecule has 0 unspecified atom stereocenters. The summed E-state index contributed by atoms with van der Waals surface area (Å²) in [5.74, 6) is 0.199. The van der Waals surface area contributed by atoms with E-state index < -0.39 is 10.0 Å². The van der Waals surface area contributed by atoms with Crippen molar-refractivity contribution in [2.24, 2.45) is 0 Å². The van der Waals surface area contributed by atoms with Gasteiger partial charge in [-0.25, -0.2) is 8.42 Å². The lowest BCUT2D eigenvalue weighted by molar-refractivity contribution is 0.461. The van der Waals surface area contributed by atoms with E-state index in [0.717, 1.165) is 5.56 Å². The van der Waals surface area contributed by atoms with Gasteiger partial charge in [0.25, 0.3) is 0 Å². The normalized spacial score (nSPS) is 12.0. The van der Waals surface area contributed by atoms with Crippen LogP contribution >= 0.6 is 22.9 Å². The van der Waals surface area contributed by atoms with E-state index in [2.05, 4.69) is 4.98 Å². The third kappa shape index (κ3) is 3.03. The van der Waals surface area contributed by atoms with E-state index in [9.17, 15) is 8.42 Å². The van der Waals surface area contributed by atoms with Crippen LogP contribution < -0.4 is 0 Å². The highest BCUT2D eigenvalue weighted by Crippen LogP contribution is 2.30. The van der Waals surface area contributed by atoms with Crippen molar-refractivity contribution in [1.29, 1.82) is 0 Å². The molecule has 4 nitrogen and oxygen atoms in total. The number of hydrogen-bond acceptors (Lipinski definition) is 4. The van der Waals surface area contributed by atoms with E-state index in [4.69, 9.17) is 11.6 Å². The van der Waals surface area contributed by atoms with Crippen LogP contribution in [-0.2, 0) is 22.4 Å². The van der Waals surface area contributed by atoms with Gasteiger partial charge in [-0.05, 0) is 30.0 Å². The van der Waals surface area contributed by atoms with Crippen LogP contribution in [0.4, 0.5) is 0 Å². The average Bonchev–Trinajstić information content (AvgIpc) is 2.81. The van der Waals surface area contributed by atoms with E-state index in [0.29, 0.717) is 15.5 Å². The number of rotatable bonds is 5. The predicted molar refractivity (Wildman–Crippen MR) is 81.5 cm³/mol. The molecule has 0 aromatic carbocycles. The van der Waals surface area contributed by atoms with Gasteiger partial charge in [0.1, 0.15) is 4.90 Å². The fourth-order valence-electron chi connectivity index (χ4n) is 1.89. The van der Waals surface area contributed by atoms with Gasteiger partial charge >= 0.3 is 0 Å². The van der Waals surface area contributed by atoms with Gasteiger partial charge in [-0.3, -0.25) is 4.98 Å². The number of halogens is 1. The van der Waals surface area contributed by atoms with E-state index in [-0.39, 0.29) is 12.4 Å². The highest BCUT2D eigenvalue weighted by Gasteiger charge is 2.27. The summed E-state index contributed by atoms with van der Waals surface area (Å²) in [5.41, 5.74) is 1.44. The quantitative estimate of drug-likeness (QED) is 0.792. The number of aryl methyl sites for hydroxylation is 1. The van der Waals surface area contributed by atoms with Crippen LogP contribution in [0.3, 0.4) is 0 Å². The zero-order valence-corrected chi connectivity index (χ0v) is 13.6. The number of pyridine rings is 1. The van der Waals surface area contributed by atoms with E-state index >= 15 is 0 Å². The van der Waals surface area contributed by atoms with Gasteiger partial charge in [0.05, 0.1) is 18.1 Å². The van der Waals surface area contributed by atoms with Gasteiger partial charge in [0, 0.05) is 18.1 Å². The lowest BCUT2D eigenvalue weighted by atomic mass is 10.3. The Hall–Kier alpha value is -0.950. The molecule has 0 aliphatic carbocycles. The van der Waals surface area contributed by atoms with Gasteiger partial charge in [-0.15, -0.1) is 22.9 Å². The second kappa shape index (κ2) is 6.22. The van der Waals surface area contributed by atoms with E-state index in [1.54, 1.807) is 32.3 Å². The maximum Gasteiger partial charge on any atom is 0.244 e. The third-order valence-electron chi connectivity index (χ3n) is 2.89. The Kier molecular flexibility index (Phi) is 4.80. The Morgan fingerprint density at radius 3 is 2.75 bits per heavy atom. The molecule has 108 valence electrons. The van der Waals surface area contributed by atoms with Gasteiger partial charge < -0.3 is 0 Å². The van der Waals surface area contributed by atoms with Crippen molar-refractivity contribution in [3.8, 4) is 0 Å². The van der Waals surface area contributed by atoms with Crippen LogP contribution in [0.15, 0.2) is 34.7 Å². The molecule has 0 fully saturated rings. The van der Waals surface area contributed by atoms with E-state index in [1.807, 2.05) is 11.4 Å². The minimum Gasteiger partial charge on any atom is -0.260 e. The molecule has 2 heterocycles. The zero-order valence-electron chi connectivity index (χ0n) is 11.2. The summed E-state index contributed by atoms with van der Waals surface area (Å²) in [7, 11) is -1.99. The maximum absolute atomic E-state index is 12.6. The maximum atomic E-state index is 12.6. The summed E-state index contributed by atoms with van der Waals surface area (Å²) in [5, 5.41) is 1.82. The second-order valence-electron chi connectivity index (χ2n) is 4.39. The number of nitrogens with zero attached hydrogens (tertiary/aromatic N) is 2. The summed E-state index contributed by atoms with van der Waals surface area (Å²) in [6, 6.07) is 5.43. The standard InChI is InChI=1S/C13H15ClN2O2S2/c1-10-9-19-12(7-14)13(10)20(17,18)16(2)8-11-5-3-4-6-15-11/h3-6,9H,7-8H2,1-2H3. The molecule has 0 amide bonds. The van der Waals surface area contributed by atoms with E-state index in [1.165, 1.54) is 15.6 Å². The Morgan fingerprint density at radius 1 is 1.40 bits per heavy atom. The van der Waals surface area contributed by atoms with Crippen molar-refractivity contribution < 1.29 is 8.42 Å². The average molecular weight is 331 g/mol. The Balaban J connectivity index is 2.32. The zero-order chi connectivity index (χ0) is 14.8. The molecule has 0 radical (unpaired) electrons. The molecule has 2 aromatic rings. The molecule has 0 saturated carbocycles. The highest BCUT2D eigenvalue weighted by molar-refractivity contribution is 7.89. The molecule has 0 spiro atoms. The fraction of sp³-hybridized carbons (Fsp3) is 0.308. The summed E-state index contributed by atoms with van der Waals surface area (Å²) < 4.78 is 26.6. The Labute approximate surface area is 128 Å². The van der Waals surface area contributed by atoms with Crippen molar-refractivity contribution in [1.82, 2.24) is 9.29 Å². The van der Waals surface area contributed by atoms with Crippen molar-refractivity contribution in [2.75, 3.05) is 7.05 Å². The second-order valence-corrected chi connectivity index (χ2v) is 7.60. The van der Waals surface area contributed by atoms with Crippen LogP contribution in [0.1, 0.15) is 16.1 Å². The number of thiophene rings is 1. The fourth-order valence-corrected chi connectivity index (χ4v) is 5.03. The molecule has 2 aromatic heterocycles. The number of aromatic nitrogens is 1. The first-order chi connectivity index (χ1) is 9.46. The molecule has 20 heavy (non-hydrogen) atoms. The Bertz CT molecular complexity index is 684. The molecule has 0 aliphatic rings. The molecular formula is C13H15ClN2O2S2. The van der Waals surface area contributed by atoms with Crippen molar-refractivity contribution >= 4 is 33.0 Å². The molecule has 0 aliphatic heterocycles. The van der Waals surface area contributed by atoms with Crippen LogP contribution in [0.25, 0.3) is 0 Å².